The molecule has 88 valence electrons. The van der Waals surface area contributed by atoms with E-state index in [-0.39, 0.29) is 0 Å². The molecular formula is C16H19N. The summed E-state index contributed by atoms with van der Waals surface area (Å²) in [5.74, 6) is 0.419. The Morgan fingerprint density at radius 1 is 0.941 bits per heavy atom. The van der Waals surface area contributed by atoms with Crippen molar-refractivity contribution in [3.05, 3.63) is 65.7 Å². The van der Waals surface area contributed by atoms with Gasteiger partial charge in [0, 0.05) is 11.6 Å². The Balaban J connectivity index is 2.39. The maximum absolute atomic E-state index is 6.09. The highest BCUT2D eigenvalue weighted by Gasteiger charge is 2.14. The summed E-state index contributed by atoms with van der Waals surface area (Å²) < 4.78 is 0. The zero-order valence-electron chi connectivity index (χ0n) is 10.3. The monoisotopic (exact) mass is 225 g/mol. The molecule has 2 aromatic rings. The molecule has 17 heavy (non-hydrogen) atoms. The number of rotatable bonds is 4. The molecule has 2 aromatic carbocycles. The van der Waals surface area contributed by atoms with Crippen molar-refractivity contribution in [1.29, 1.82) is 0 Å². The van der Waals surface area contributed by atoms with Gasteiger partial charge in [0.25, 0.3) is 0 Å². The fraction of sp³-hybridized carbons (Fsp3) is 0.250. The lowest BCUT2D eigenvalue weighted by Crippen LogP contribution is -2.04. The first-order valence-electron chi connectivity index (χ1n) is 6.22. The molecule has 0 radical (unpaired) electrons. The maximum atomic E-state index is 6.09. The Hall–Kier alpha value is -1.76. The first kappa shape index (κ1) is 11.7. The van der Waals surface area contributed by atoms with E-state index in [9.17, 15) is 0 Å². The maximum Gasteiger partial charge on any atom is 0.0352 e. The van der Waals surface area contributed by atoms with Gasteiger partial charge in [-0.2, -0.15) is 0 Å². The number of anilines is 1. The van der Waals surface area contributed by atoms with Gasteiger partial charge in [-0.3, -0.25) is 0 Å². The van der Waals surface area contributed by atoms with Crippen LogP contribution >= 0.6 is 0 Å². The van der Waals surface area contributed by atoms with E-state index in [2.05, 4.69) is 49.4 Å². The van der Waals surface area contributed by atoms with Gasteiger partial charge in [0.15, 0.2) is 0 Å². The third-order valence-corrected chi connectivity index (χ3v) is 3.15. The molecular weight excluding hydrogens is 206 g/mol. The Kier molecular flexibility index (Phi) is 3.81. The predicted octanol–water partition coefficient (Wildman–Crippen LogP) is 4.20. The summed E-state index contributed by atoms with van der Waals surface area (Å²) in [5.41, 5.74) is 9.59. The van der Waals surface area contributed by atoms with Crippen molar-refractivity contribution in [1.82, 2.24) is 0 Å². The number of hydrogen-bond donors (Lipinski definition) is 1. The third kappa shape index (κ3) is 2.68. The molecule has 1 unspecified atom stereocenters. The van der Waals surface area contributed by atoms with E-state index in [0.29, 0.717) is 5.92 Å². The minimum atomic E-state index is 0.419. The Bertz CT molecular complexity index is 462. The van der Waals surface area contributed by atoms with Crippen molar-refractivity contribution in [2.24, 2.45) is 0 Å². The van der Waals surface area contributed by atoms with Crippen LogP contribution in [-0.4, -0.2) is 0 Å². The Morgan fingerprint density at radius 3 is 2.24 bits per heavy atom. The van der Waals surface area contributed by atoms with Crippen LogP contribution in [-0.2, 0) is 0 Å². The molecule has 2 N–H and O–H groups in total. The van der Waals surface area contributed by atoms with Gasteiger partial charge in [-0.15, -0.1) is 0 Å². The van der Waals surface area contributed by atoms with E-state index >= 15 is 0 Å². The van der Waals surface area contributed by atoms with Crippen molar-refractivity contribution in [2.45, 2.75) is 25.7 Å². The molecule has 0 aromatic heterocycles. The average Bonchev–Trinajstić information content (AvgIpc) is 2.38. The summed E-state index contributed by atoms with van der Waals surface area (Å²) in [6.07, 6.45) is 2.30. The minimum absolute atomic E-state index is 0.419. The molecule has 0 aliphatic carbocycles. The number of para-hydroxylation sites is 1. The molecule has 0 saturated carbocycles. The van der Waals surface area contributed by atoms with Crippen LogP contribution in [0.1, 0.15) is 36.8 Å². The number of benzene rings is 2. The third-order valence-electron chi connectivity index (χ3n) is 3.15. The fourth-order valence-electron chi connectivity index (χ4n) is 2.30. The molecule has 0 bridgehead atoms. The van der Waals surface area contributed by atoms with Crippen LogP contribution in [0.15, 0.2) is 54.6 Å². The molecule has 0 heterocycles. The Morgan fingerprint density at radius 2 is 1.59 bits per heavy atom. The topological polar surface area (TPSA) is 26.0 Å². The smallest absolute Gasteiger partial charge is 0.0352 e. The first-order chi connectivity index (χ1) is 8.33. The van der Waals surface area contributed by atoms with Crippen molar-refractivity contribution >= 4 is 5.69 Å². The van der Waals surface area contributed by atoms with Gasteiger partial charge < -0.3 is 5.73 Å². The van der Waals surface area contributed by atoms with Crippen LogP contribution < -0.4 is 5.73 Å². The molecule has 1 heteroatoms. The summed E-state index contributed by atoms with van der Waals surface area (Å²) >= 11 is 0. The van der Waals surface area contributed by atoms with Gasteiger partial charge in [-0.05, 0) is 23.6 Å². The van der Waals surface area contributed by atoms with Gasteiger partial charge in [0.2, 0.25) is 0 Å². The molecule has 0 aliphatic rings. The van der Waals surface area contributed by atoms with Gasteiger partial charge >= 0.3 is 0 Å². The van der Waals surface area contributed by atoms with Crippen molar-refractivity contribution in [2.75, 3.05) is 5.73 Å². The predicted molar refractivity (Wildman–Crippen MR) is 74.0 cm³/mol. The SMILES string of the molecule is CCCC(c1ccccc1)c1ccccc1N. The number of nitrogens with two attached hydrogens (primary N) is 1. The van der Waals surface area contributed by atoms with Gasteiger partial charge in [-0.25, -0.2) is 0 Å². The summed E-state index contributed by atoms with van der Waals surface area (Å²) in [5, 5.41) is 0. The molecule has 0 amide bonds. The summed E-state index contributed by atoms with van der Waals surface area (Å²) in [7, 11) is 0. The first-order valence-corrected chi connectivity index (χ1v) is 6.22. The van der Waals surface area contributed by atoms with Gasteiger partial charge in [0.1, 0.15) is 0 Å². The van der Waals surface area contributed by atoms with Crippen LogP contribution in [0.2, 0.25) is 0 Å². The van der Waals surface area contributed by atoms with E-state index in [1.807, 2.05) is 12.1 Å². The zero-order valence-corrected chi connectivity index (χ0v) is 10.3. The molecule has 1 atom stereocenters. The van der Waals surface area contributed by atoms with Gasteiger partial charge in [-0.1, -0.05) is 61.9 Å². The van der Waals surface area contributed by atoms with Crippen LogP contribution in [0, 0.1) is 0 Å². The summed E-state index contributed by atoms with van der Waals surface area (Å²) in [4.78, 5) is 0. The van der Waals surface area contributed by atoms with E-state index in [1.54, 1.807) is 0 Å². The lowest BCUT2D eigenvalue weighted by molar-refractivity contribution is 0.700. The normalized spacial score (nSPS) is 12.3. The standard InChI is InChI=1S/C16H19N/c1-2-8-14(13-9-4-3-5-10-13)15-11-6-7-12-16(15)17/h3-7,9-12,14H,2,8,17H2,1H3. The van der Waals surface area contributed by atoms with E-state index < -0.39 is 0 Å². The van der Waals surface area contributed by atoms with E-state index in [1.165, 1.54) is 11.1 Å². The van der Waals surface area contributed by atoms with E-state index in [4.69, 9.17) is 5.73 Å². The molecule has 1 nitrogen and oxygen atoms in total. The number of nitrogen functional groups attached to an aromatic ring is 1. The van der Waals surface area contributed by atoms with Crippen molar-refractivity contribution < 1.29 is 0 Å². The van der Waals surface area contributed by atoms with Crippen molar-refractivity contribution in [3.8, 4) is 0 Å². The second kappa shape index (κ2) is 5.53. The van der Waals surface area contributed by atoms with Crippen LogP contribution in [0.25, 0.3) is 0 Å². The summed E-state index contributed by atoms with van der Waals surface area (Å²) in [6.45, 7) is 2.22. The highest BCUT2D eigenvalue weighted by atomic mass is 14.6. The minimum Gasteiger partial charge on any atom is -0.398 e. The van der Waals surface area contributed by atoms with Crippen LogP contribution in [0.3, 0.4) is 0 Å². The highest BCUT2D eigenvalue weighted by molar-refractivity contribution is 5.51. The average molecular weight is 225 g/mol. The van der Waals surface area contributed by atoms with Crippen LogP contribution in [0.4, 0.5) is 5.69 Å². The zero-order chi connectivity index (χ0) is 12.1. The highest BCUT2D eigenvalue weighted by Crippen LogP contribution is 2.32. The van der Waals surface area contributed by atoms with Gasteiger partial charge in [0.05, 0.1) is 0 Å². The lowest BCUT2D eigenvalue weighted by atomic mass is 9.87. The Labute approximate surface area is 103 Å². The largest absolute Gasteiger partial charge is 0.398 e. The number of hydrogen-bond acceptors (Lipinski definition) is 1. The van der Waals surface area contributed by atoms with Crippen LogP contribution in [0.5, 0.6) is 0 Å². The molecule has 2 rings (SSSR count). The lowest BCUT2D eigenvalue weighted by Gasteiger charge is -2.19. The van der Waals surface area contributed by atoms with Crippen molar-refractivity contribution in [3.63, 3.8) is 0 Å². The van der Waals surface area contributed by atoms with E-state index in [0.717, 1.165) is 18.5 Å². The molecule has 0 aliphatic heterocycles. The second-order valence-electron chi connectivity index (χ2n) is 4.38. The molecule has 0 fully saturated rings. The molecule has 0 spiro atoms. The second-order valence-corrected chi connectivity index (χ2v) is 4.38. The fourth-order valence-corrected chi connectivity index (χ4v) is 2.30. The molecule has 0 saturated heterocycles. The quantitative estimate of drug-likeness (QED) is 0.775. The summed E-state index contributed by atoms with van der Waals surface area (Å²) in [6, 6.07) is 18.8.